The zero-order valence-electron chi connectivity index (χ0n) is 23.3. The molecule has 0 spiro atoms. The van der Waals surface area contributed by atoms with Gasteiger partial charge in [-0.05, 0) is 49.4 Å². The topological polar surface area (TPSA) is 131 Å². The van der Waals surface area contributed by atoms with Crippen LogP contribution in [0.15, 0.2) is 90.1 Å². The summed E-state index contributed by atoms with van der Waals surface area (Å²) < 4.78 is 50.6. The van der Waals surface area contributed by atoms with E-state index in [1.54, 1.807) is 82.0 Å². The number of anilines is 1. The molecule has 1 atom stereocenters. The van der Waals surface area contributed by atoms with E-state index in [1.165, 1.54) is 30.0 Å². The van der Waals surface area contributed by atoms with Gasteiger partial charge in [-0.1, -0.05) is 18.2 Å². The lowest BCUT2D eigenvalue weighted by molar-refractivity contribution is -0.122. The SMILES string of the molecule is COc1ccc2c(Oc3ccc(C(OS(=O)(=O)c4ccccc4)C(=O)Nc4cn(C)nc4C)c(OC)c3)ccnc2c1. The van der Waals surface area contributed by atoms with Crippen LogP contribution in [-0.2, 0) is 26.1 Å². The number of ether oxygens (including phenoxy) is 3. The summed E-state index contributed by atoms with van der Waals surface area (Å²) in [6.07, 6.45) is 1.62. The van der Waals surface area contributed by atoms with Gasteiger partial charge >= 0.3 is 0 Å². The van der Waals surface area contributed by atoms with Crippen molar-refractivity contribution in [2.24, 2.45) is 7.05 Å². The third-order valence-electron chi connectivity index (χ3n) is 6.39. The number of rotatable bonds is 10. The lowest BCUT2D eigenvalue weighted by Gasteiger charge is -2.20. The molecule has 1 N–H and O–H groups in total. The van der Waals surface area contributed by atoms with E-state index in [0.29, 0.717) is 34.1 Å². The largest absolute Gasteiger partial charge is 0.497 e. The summed E-state index contributed by atoms with van der Waals surface area (Å²) in [6, 6.07) is 19.4. The number of nitrogens with one attached hydrogen (secondary N) is 1. The number of carbonyl (C=O) groups is 1. The molecule has 0 fully saturated rings. The summed E-state index contributed by atoms with van der Waals surface area (Å²) in [7, 11) is 0.344. The van der Waals surface area contributed by atoms with Gasteiger partial charge in [-0.2, -0.15) is 13.5 Å². The molecule has 0 aliphatic heterocycles. The van der Waals surface area contributed by atoms with Crippen LogP contribution in [0.2, 0.25) is 0 Å². The molecule has 0 saturated heterocycles. The summed E-state index contributed by atoms with van der Waals surface area (Å²) >= 11 is 0. The average Bonchev–Trinajstić information content (AvgIpc) is 3.31. The Hall–Kier alpha value is -4.94. The van der Waals surface area contributed by atoms with E-state index in [4.69, 9.17) is 18.4 Å². The van der Waals surface area contributed by atoms with Gasteiger partial charge < -0.3 is 19.5 Å². The molecule has 1 unspecified atom stereocenters. The predicted molar refractivity (Wildman–Crippen MR) is 155 cm³/mol. The molecule has 5 aromatic rings. The van der Waals surface area contributed by atoms with Crippen LogP contribution < -0.4 is 19.5 Å². The van der Waals surface area contributed by atoms with E-state index in [-0.39, 0.29) is 16.2 Å². The normalized spacial score (nSPS) is 12.1. The number of hydrogen-bond donors (Lipinski definition) is 1. The summed E-state index contributed by atoms with van der Waals surface area (Å²) in [6.45, 7) is 1.72. The molecule has 0 saturated carbocycles. The lowest BCUT2D eigenvalue weighted by atomic mass is 10.1. The third-order valence-corrected chi connectivity index (χ3v) is 7.68. The Balaban J connectivity index is 1.51. The Kier molecular flexibility index (Phi) is 8.09. The van der Waals surface area contributed by atoms with E-state index < -0.39 is 22.1 Å². The summed E-state index contributed by atoms with van der Waals surface area (Å²) in [5.74, 6) is 1.02. The zero-order valence-corrected chi connectivity index (χ0v) is 24.1. The molecule has 11 nitrogen and oxygen atoms in total. The van der Waals surface area contributed by atoms with Gasteiger partial charge in [0.1, 0.15) is 23.0 Å². The van der Waals surface area contributed by atoms with Gasteiger partial charge in [0.05, 0.1) is 36.0 Å². The number of nitrogens with zero attached hydrogens (tertiary/aromatic N) is 3. The molecule has 2 aromatic heterocycles. The molecular formula is C30H28N4O7S. The van der Waals surface area contributed by atoms with Gasteiger partial charge in [-0.25, -0.2) is 4.18 Å². The highest BCUT2D eigenvalue weighted by Crippen LogP contribution is 2.37. The monoisotopic (exact) mass is 588 g/mol. The van der Waals surface area contributed by atoms with E-state index in [1.807, 2.05) is 6.07 Å². The summed E-state index contributed by atoms with van der Waals surface area (Å²) in [5.41, 5.74) is 1.81. The minimum atomic E-state index is -4.35. The molecule has 0 bridgehead atoms. The van der Waals surface area contributed by atoms with Crippen LogP contribution in [0.25, 0.3) is 10.9 Å². The standard InChI is InChI=1S/C30H28N4O7S/c1-19-26(18-34(2)33-19)32-30(35)29(41-42(36,37)22-8-6-5-7-9-22)24-13-11-21(17-28(24)39-4)40-27-14-15-31-25-16-20(38-3)10-12-23(25)27/h5-18,29H,1-4H3,(H,32,35). The Morgan fingerprint density at radius 1 is 0.929 bits per heavy atom. The molecule has 12 heteroatoms. The average molecular weight is 589 g/mol. The number of carbonyl (C=O) groups excluding carboxylic acids is 1. The highest BCUT2D eigenvalue weighted by Gasteiger charge is 2.32. The highest BCUT2D eigenvalue weighted by molar-refractivity contribution is 7.86. The van der Waals surface area contributed by atoms with Crippen molar-refractivity contribution in [1.82, 2.24) is 14.8 Å². The summed E-state index contributed by atoms with van der Waals surface area (Å²) in [4.78, 5) is 17.9. The van der Waals surface area contributed by atoms with Crippen molar-refractivity contribution >= 4 is 32.6 Å². The van der Waals surface area contributed by atoms with Crippen molar-refractivity contribution in [2.45, 2.75) is 17.9 Å². The quantitative estimate of drug-likeness (QED) is 0.220. The van der Waals surface area contributed by atoms with Crippen LogP contribution in [0, 0.1) is 6.92 Å². The molecule has 3 aromatic carbocycles. The van der Waals surface area contributed by atoms with Crippen LogP contribution in [0.1, 0.15) is 17.4 Å². The second-order valence-electron chi connectivity index (χ2n) is 9.23. The fourth-order valence-corrected chi connectivity index (χ4v) is 5.39. The van der Waals surface area contributed by atoms with Crippen molar-refractivity contribution in [2.75, 3.05) is 19.5 Å². The van der Waals surface area contributed by atoms with Crippen molar-refractivity contribution in [3.05, 3.63) is 96.4 Å². The number of benzene rings is 3. The Labute approximate surface area is 242 Å². The second-order valence-corrected chi connectivity index (χ2v) is 10.8. The fraction of sp³-hybridized carbons (Fsp3) is 0.167. The maximum Gasteiger partial charge on any atom is 0.298 e. The van der Waals surface area contributed by atoms with Gasteiger partial charge in [0.2, 0.25) is 0 Å². The minimum Gasteiger partial charge on any atom is -0.497 e. The molecule has 216 valence electrons. The number of pyridine rings is 1. The first-order valence-electron chi connectivity index (χ1n) is 12.8. The van der Waals surface area contributed by atoms with Gasteiger partial charge in [-0.3, -0.25) is 14.5 Å². The molecular weight excluding hydrogens is 560 g/mol. The van der Waals surface area contributed by atoms with Crippen molar-refractivity contribution in [1.29, 1.82) is 0 Å². The zero-order chi connectivity index (χ0) is 29.9. The first-order chi connectivity index (χ1) is 20.2. The minimum absolute atomic E-state index is 0.0968. The number of amides is 1. The van der Waals surface area contributed by atoms with E-state index in [9.17, 15) is 13.2 Å². The van der Waals surface area contributed by atoms with Crippen LogP contribution in [0.5, 0.6) is 23.0 Å². The van der Waals surface area contributed by atoms with Crippen molar-refractivity contribution < 1.29 is 31.6 Å². The molecule has 0 aliphatic rings. The first kappa shape index (κ1) is 28.6. The third kappa shape index (κ3) is 6.04. The number of aryl methyl sites for hydroxylation is 2. The Morgan fingerprint density at radius 3 is 2.38 bits per heavy atom. The van der Waals surface area contributed by atoms with Crippen molar-refractivity contribution in [3.8, 4) is 23.0 Å². The highest BCUT2D eigenvalue weighted by atomic mass is 32.2. The van der Waals surface area contributed by atoms with E-state index in [2.05, 4.69) is 15.4 Å². The van der Waals surface area contributed by atoms with Crippen LogP contribution in [0.3, 0.4) is 0 Å². The molecule has 0 radical (unpaired) electrons. The van der Waals surface area contributed by atoms with E-state index >= 15 is 0 Å². The first-order valence-corrected chi connectivity index (χ1v) is 14.2. The predicted octanol–water partition coefficient (Wildman–Crippen LogP) is 5.17. The summed E-state index contributed by atoms with van der Waals surface area (Å²) in [5, 5.41) is 7.70. The molecule has 42 heavy (non-hydrogen) atoms. The molecule has 2 heterocycles. The van der Waals surface area contributed by atoms with Crippen LogP contribution in [-0.4, -0.2) is 43.3 Å². The fourth-order valence-electron chi connectivity index (χ4n) is 4.34. The number of aromatic nitrogens is 3. The smallest absolute Gasteiger partial charge is 0.298 e. The maximum atomic E-state index is 13.6. The van der Waals surface area contributed by atoms with Gasteiger partial charge in [0.25, 0.3) is 16.0 Å². The van der Waals surface area contributed by atoms with Gasteiger partial charge in [0, 0.05) is 42.5 Å². The molecule has 0 aliphatic carbocycles. The number of methoxy groups -OCH3 is 2. The van der Waals surface area contributed by atoms with Crippen molar-refractivity contribution in [3.63, 3.8) is 0 Å². The van der Waals surface area contributed by atoms with Gasteiger partial charge in [0.15, 0.2) is 6.10 Å². The maximum absolute atomic E-state index is 13.6. The Bertz CT molecular complexity index is 1860. The van der Waals surface area contributed by atoms with Crippen LogP contribution >= 0.6 is 0 Å². The molecule has 1 amide bonds. The molecule has 5 rings (SSSR count). The lowest BCUT2D eigenvalue weighted by Crippen LogP contribution is -2.26. The Morgan fingerprint density at radius 2 is 1.69 bits per heavy atom. The number of hydrogen-bond acceptors (Lipinski definition) is 9. The van der Waals surface area contributed by atoms with E-state index in [0.717, 1.165) is 5.39 Å². The van der Waals surface area contributed by atoms with Gasteiger partial charge in [-0.15, -0.1) is 0 Å². The second kappa shape index (κ2) is 11.9. The number of fused-ring (bicyclic) bond motifs is 1. The van der Waals surface area contributed by atoms with Crippen LogP contribution in [0.4, 0.5) is 5.69 Å².